The molecule has 0 radical (unpaired) electrons. The molecule has 1 aromatic heterocycles. The fourth-order valence-electron chi connectivity index (χ4n) is 2.52. The molecule has 24 heavy (non-hydrogen) atoms. The molecule has 128 valence electrons. The van der Waals surface area contributed by atoms with E-state index < -0.39 is 0 Å². The van der Waals surface area contributed by atoms with Crippen LogP contribution >= 0.6 is 11.3 Å². The highest BCUT2D eigenvalue weighted by Gasteiger charge is 2.13. The Morgan fingerprint density at radius 3 is 2.33 bits per heavy atom. The molecule has 2 aromatic rings. The van der Waals surface area contributed by atoms with Crippen molar-refractivity contribution in [3.8, 4) is 0 Å². The van der Waals surface area contributed by atoms with Crippen LogP contribution in [-0.4, -0.2) is 23.3 Å². The first kappa shape index (κ1) is 18.4. The quantitative estimate of drug-likeness (QED) is 0.722. The van der Waals surface area contributed by atoms with Crippen molar-refractivity contribution in [2.24, 2.45) is 0 Å². The molecule has 4 nitrogen and oxygen atoms in total. The number of nitrogens with one attached hydrogen (secondary N) is 1. The van der Waals surface area contributed by atoms with E-state index in [1.165, 1.54) is 0 Å². The molecule has 0 bridgehead atoms. The number of aliphatic hydroxyl groups excluding tert-OH is 1. The van der Waals surface area contributed by atoms with Crippen LogP contribution in [0.5, 0.6) is 0 Å². The summed E-state index contributed by atoms with van der Waals surface area (Å²) in [6.45, 7) is 4.50. The van der Waals surface area contributed by atoms with Gasteiger partial charge in [-0.3, -0.25) is 9.59 Å². The van der Waals surface area contributed by atoms with Crippen LogP contribution < -0.4 is 5.32 Å². The first-order valence-corrected chi connectivity index (χ1v) is 8.87. The molecule has 0 saturated heterocycles. The molecule has 2 rings (SSSR count). The molecule has 0 aliphatic heterocycles. The summed E-state index contributed by atoms with van der Waals surface area (Å²) in [4.78, 5) is 26.1. The summed E-state index contributed by atoms with van der Waals surface area (Å²) in [5.74, 6) is -0.0634. The van der Waals surface area contributed by atoms with E-state index in [1.54, 1.807) is 11.3 Å². The maximum absolute atomic E-state index is 12.1. The van der Waals surface area contributed by atoms with Crippen LogP contribution in [0.1, 0.15) is 44.1 Å². The maximum atomic E-state index is 12.1. The second-order valence-corrected chi connectivity index (χ2v) is 7.29. The van der Waals surface area contributed by atoms with Gasteiger partial charge in [0.2, 0.25) is 5.91 Å². The normalized spacial score (nSPS) is 10.6. The minimum atomic E-state index is -0.0973. The lowest BCUT2D eigenvalue weighted by molar-refractivity contribution is -0.121. The van der Waals surface area contributed by atoms with E-state index in [2.05, 4.69) is 5.32 Å². The number of Topliss-reactive ketones (excluding diaryl/α,β-unsaturated/α-hetero) is 1. The molecule has 0 atom stereocenters. The Balaban J connectivity index is 1.71. The monoisotopic (exact) mass is 345 g/mol. The van der Waals surface area contributed by atoms with E-state index in [0.717, 1.165) is 32.9 Å². The Hall–Kier alpha value is -1.98. The van der Waals surface area contributed by atoms with Crippen molar-refractivity contribution in [3.63, 3.8) is 0 Å². The van der Waals surface area contributed by atoms with Crippen molar-refractivity contribution in [1.29, 1.82) is 0 Å². The van der Waals surface area contributed by atoms with Gasteiger partial charge in [-0.05, 0) is 37.5 Å². The van der Waals surface area contributed by atoms with E-state index in [0.29, 0.717) is 6.54 Å². The average Bonchev–Trinajstić information content (AvgIpc) is 2.92. The number of aliphatic hydroxyl groups is 1. The highest BCUT2D eigenvalue weighted by Crippen LogP contribution is 2.22. The predicted octanol–water partition coefficient (Wildman–Crippen LogP) is 3.18. The van der Waals surface area contributed by atoms with E-state index >= 15 is 0 Å². The summed E-state index contributed by atoms with van der Waals surface area (Å²) in [5.41, 5.74) is 2.72. The van der Waals surface area contributed by atoms with Crippen molar-refractivity contribution in [1.82, 2.24) is 5.32 Å². The van der Waals surface area contributed by atoms with Crippen molar-refractivity contribution in [2.45, 2.75) is 39.7 Å². The third-order valence-corrected chi connectivity index (χ3v) is 4.83. The summed E-state index contributed by atoms with van der Waals surface area (Å²) in [5, 5.41) is 11.8. The van der Waals surface area contributed by atoms with Gasteiger partial charge in [0.1, 0.15) is 0 Å². The summed E-state index contributed by atoms with van der Waals surface area (Å²) >= 11 is 1.61. The number of hydrogen-bond acceptors (Lipinski definition) is 4. The summed E-state index contributed by atoms with van der Waals surface area (Å²) in [7, 11) is 0. The van der Waals surface area contributed by atoms with Gasteiger partial charge < -0.3 is 10.4 Å². The van der Waals surface area contributed by atoms with Crippen molar-refractivity contribution in [2.75, 3.05) is 6.54 Å². The molecule has 5 heteroatoms. The van der Waals surface area contributed by atoms with Gasteiger partial charge in [-0.1, -0.05) is 24.3 Å². The molecule has 1 aromatic carbocycles. The van der Waals surface area contributed by atoms with Crippen LogP contribution in [0.2, 0.25) is 0 Å². The number of carbonyl (C=O) groups excluding carboxylic acids is 2. The number of thiophene rings is 1. The topological polar surface area (TPSA) is 66.4 Å². The molecule has 1 heterocycles. The van der Waals surface area contributed by atoms with Gasteiger partial charge in [-0.15, -0.1) is 11.3 Å². The van der Waals surface area contributed by atoms with Crippen LogP contribution in [0.15, 0.2) is 30.3 Å². The number of ketones is 1. The third kappa shape index (κ3) is 5.28. The van der Waals surface area contributed by atoms with Gasteiger partial charge in [0.05, 0.1) is 6.61 Å². The predicted molar refractivity (Wildman–Crippen MR) is 96.4 cm³/mol. The Morgan fingerprint density at radius 2 is 1.75 bits per heavy atom. The van der Waals surface area contributed by atoms with Crippen LogP contribution in [0.3, 0.4) is 0 Å². The number of hydrogen-bond donors (Lipinski definition) is 2. The summed E-state index contributed by atoms with van der Waals surface area (Å²) < 4.78 is 0. The molecule has 0 unspecified atom stereocenters. The zero-order chi connectivity index (χ0) is 17.5. The number of amides is 1. The first-order chi connectivity index (χ1) is 11.5. The van der Waals surface area contributed by atoms with Crippen LogP contribution in [0.25, 0.3) is 0 Å². The fourth-order valence-corrected chi connectivity index (χ4v) is 3.46. The lowest BCUT2D eigenvalue weighted by Crippen LogP contribution is -2.26. The zero-order valence-electron chi connectivity index (χ0n) is 14.1. The smallest absolute Gasteiger partial charge is 0.220 e. The molecule has 1 amide bonds. The Kier molecular flexibility index (Phi) is 6.70. The minimum Gasteiger partial charge on any atom is -0.392 e. The van der Waals surface area contributed by atoms with E-state index in [-0.39, 0.29) is 31.1 Å². The molecule has 0 fully saturated rings. The molecule has 0 spiro atoms. The summed E-state index contributed by atoms with van der Waals surface area (Å²) in [6, 6.07) is 9.55. The SMILES string of the molecule is Cc1cc(C(=O)CCC(=O)NCCc2ccc(CO)cc2)c(C)s1. The van der Waals surface area contributed by atoms with Crippen molar-refractivity contribution in [3.05, 3.63) is 56.8 Å². The number of rotatable bonds is 8. The maximum Gasteiger partial charge on any atom is 0.220 e. The lowest BCUT2D eigenvalue weighted by atomic mass is 10.1. The Bertz CT molecular complexity index is 704. The van der Waals surface area contributed by atoms with E-state index in [4.69, 9.17) is 5.11 Å². The second kappa shape index (κ2) is 8.76. The van der Waals surface area contributed by atoms with Crippen molar-refractivity contribution < 1.29 is 14.7 Å². The second-order valence-electron chi connectivity index (χ2n) is 5.82. The fraction of sp³-hybridized carbons (Fsp3) is 0.368. The van der Waals surface area contributed by atoms with Crippen molar-refractivity contribution >= 4 is 23.0 Å². The molecular formula is C19H23NO3S. The van der Waals surface area contributed by atoms with Crippen LogP contribution in [-0.2, 0) is 17.8 Å². The van der Waals surface area contributed by atoms with Gasteiger partial charge in [-0.25, -0.2) is 0 Å². The molecule has 0 aliphatic rings. The van der Waals surface area contributed by atoms with Gasteiger partial charge in [0.25, 0.3) is 0 Å². The number of benzene rings is 1. The first-order valence-electron chi connectivity index (χ1n) is 8.05. The third-order valence-electron chi connectivity index (χ3n) is 3.86. The molecule has 2 N–H and O–H groups in total. The number of aryl methyl sites for hydroxylation is 2. The van der Waals surface area contributed by atoms with E-state index in [1.807, 2.05) is 44.2 Å². The molecular weight excluding hydrogens is 322 g/mol. The van der Waals surface area contributed by atoms with Gasteiger partial charge in [0.15, 0.2) is 5.78 Å². The molecule has 0 saturated carbocycles. The van der Waals surface area contributed by atoms with Crippen LogP contribution in [0, 0.1) is 13.8 Å². The number of carbonyl (C=O) groups is 2. The Morgan fingerprint density at radius 1 is 1.08 bits per heavy atom. The van der Waals surface area contributed by atoms with Gasteiger partial charge in [-0.2, -0.15) is 0 Å². The molecule has 0 aliphatic carbocycles. The minimum absolute atomic E-state index is 0.0339. The Labute approximate surface area is 146 Å². The van der Waals surface area contributed by atoms with Gasteiger partial charge in [0, 0.05) is 34.7 Å². The average molecular weight is 345 g/mol. The van der Waals surface area contributed by atoms with E-state index in [9.17, 15) is 9.59 Å². The van der Waals surface area contributed by atoms with Gasteiger partial charge >= 0.3 is 0 Å². The van der Waals surface area contributed by atoms with Crippen LogP contribution in [0.4, 0.5) is 0 Å². The largest absolute Gasteiger partial charge is 0.392 e. The zero-order valence-corrected chi connectivity index (χ0v) is 14.9. The summed E-state index contributed by atoms with van der Waals surface area (Å²) in [6.07, 6.45) is 1.19. The highest BCUT2D eigenvalue weighted by atomic mass is 32.1. The standard InChI is InChI=1S/C19H23NO3S/c1-13-11-17(14(2)24-13)18(22)7-8-19(23)20-10-9-15-3-5-16(12-21)6-4-15/h3-6,11,21H,7-10,12H2,1-2H3,(H,20,23). The highest BCUT2D eigenvalue weighted by molar-refractivity contribution is 7.12. The lowest BCUT2D eigenvalue weighted by Gasteiger charge is -2.06.